The molecule has 1 N–H and O–H groups in total. The van der Waals surface area contributed by atoms with Gasteiger partial charge in [-0.25, -0.2) is 4.79 Å². The Kier molecular flexibility index (Phi) is 3.99. The van der Waals surface area contributed by atoms with E-state index in [9.17, 15) is 9.59 Å². The summed E-state index contributed by atoms with van der Waals surface area (Å²) in [4.78, 5) is 26.9. The van der Waals surface area contributed by atoms with Crippen LogP contribution in [0.4, 0.5) is 4.79 Å². The topological polar surface area (TPSA) is 70.1 Å². The first-order chi connectivity index (χ1) is 8.88. The van der Waals surface area contributed by atoms with Gasteiger partial charge in [-0.15, -0.1) is 0 Å². The number of urea groups is 1. The maximum atomic E-state index is 12.4. The maximum absolute atomic E-state index is 12.4. The highest BCUT2D eigenvalue weighted by molar-refractivity contribution is 5.78. The number of hydrogen-bond donors (Lipinski definition) is 1. The van der Waals surface area contributed by atoms with Gasteiger partial charge in [0, 0.05) is 26.2 Å². The highest BCUT2D eigenvalue weighted by Gasteiger charge is 2.39. The Labute approximate surface area is 113 Å². The molecule has 0 radical (unpaired) electrons. The first-order valence-corrected chi connectivity index (χ1v) is 6.80. The van der Waals surface area contributed by atoms with Crippen LogP contribution in [0, 0.1) is 11.8 Å². The van der Waals surface area contributed by atoms with Crippen molar-refractivity contribution in [3.8, 4) is 0 Å². The van der Waals surface area contributed by atoms with Gasteiger partial charge in [0.15, 0.2) is 0 Å². The monoisotopic (exact) mass is 270 g/mol. The molecule has 2 fully saturated rings. The van der Waals surface area contributed by atoms with Crippen LogP contribution in [0.1, 0.15) is 20.8 Å². The summed E-state index contributed by atoms with van der Waals surface area (Å²) in [5.74, 6) is -1.25. The SMILES string of the molecule is C[C@@H]1CN(C(=O)N2C[C@@H](C)[C@H](C(=O)O)C2)C[C@H](C)O1. The summed E-state index contributed by atoms with van der Waals surface area (Å²) in [6.45, 7) is 7.77. The van der Waals surface area contributed by atoms with E-state index in [1.165, 1.54) is 0 Å². The van der Waals surface area contributed by atoms with E-state index in [0.29, 0.717) is 26.2 Å². The molecule has 0 spiro atoms. The number of carbonyl (C=O) groups is 2. The van der Waals surface area contributed by atoms with Gasteiger partial charge in [-0.1, -0.05) is 6.92 Å². The van der Waals surface area contributed by atoms with Crippen LogP contribution in [0.2, 0.25) is 0 Å². The zero-order valence-corrected chi connectivity index (χ0v) is 11.7. The number of likely N-dealkylation sites (tertiary alicyclic amines) is 1. The van der Waals surface area contributed by atoms with E-state index in [4.69, 9.17) is 9.84 Å². The van der Waals surface area contributed by atoms with Gasteiger partial charge in [-0.3, -0.25) is 4.79 Å². The Morgan fingerprint density at radius 1 is 1.00 bits per heavy atom. The number of morpholine rings is 1. The molecule has 108 valence electrons. The zero-order chi connectivity index (χ0) is 14.2. The average molecular weight is 270 g/mol. The Balaban J connectivity index is 1.99. The van der Waals surface area contributed by atoms with Crippen molar-refractivity contribution < 1.29 is 19.4 Å². The molecule has 2 rings (SSSR count). The summed E-state index contributed by atoms with van der Waals surface area (Å²) in [6.07, 6.45) is 0.0611. The fraction of sp³-hybridized carbons (Fsp3) is 0.846. The minimum absolute atomic E-state index is 0.0114. The standard InChI is InChI=1S/C13H22N2O4/c1-8-4-14(7-11(8)12(16)17)13(18)15-5-9(2)19-10(3)6-15/h8-11H,4-7H2,1-3H3,(H,16,17)/t8-,9-,10+,11-/m1/s1. The lowest BCUT2D eigenvalue weighted by atomic mass is 9.99. The molecular weight excluding hydrogens is 248 g/mol. The van der Waals surface area contributed by atoms with Gasteiger partial charge in [0.25, 0.3) is 0 Å². The number of amides is 2. The van der Waals surface area contributed by atoms with Gasteiger partial charge in [0.1, 0.15) is 0 Å². The second-order valence-electron chi connectivity index (χ2n) is 5.77. The fourth-order valence-electron chi connectivity index (χ4n) is 2.98. The molecule has 0 unspecified atom stereocenters. The second kappa shape index (κ2) is 5.36. The molecule has 6 heteroatoms. The van der Waals surface area contributed by atoms with Gasteiger partial charge in [-0.05, 0) is 19.8 Å². The number of hydrogen-bond acceptors (Lipinski definition) is 3. The number of carbonyl (C=O) groups excluding carboxylic acids is 1. The average Bonchev–Trinajstić information content (AvgIpc) is 2.69. The molecular formula is C13H22N2O4. The Morgan fingerprint density at radius 2 is 1.53 bits per heavy atom. The van der Waals surface area contributed by atoms with Gasteiger partial charge in [0.2, 0.25) is 0 Å². The number of carboxylic acid groups (broad SMARTS) is 1. The van der Waals surface area contributed by atoms with Crippen molar-refractivity contribution in [2.45, 2.75) is 33.0 Å². The third-order valence-electron chi connectivity index (χ3n) is 3.89. The largest absolute Gasteiger partial charge is 0.481 e. The van der Waals surface area contributed by atoms with E-state index in [2.05, 4.69) is 0 Å². The van der Waals surface area contributed by atoms with Crippen LogP contribution in [0.15, 0.2) is 0 Å². The van der Waals surface area contributed by atoms with E-state index in [0.717, 1.165) is 0 Å². The van der Waals surface area contributed by atoms with Crippen molar-refractivity contribution in [1.82, 2.24) is 9.80 Å². The highest BCUT2D eigenvalue weighted by Crippen LogP contribution is 2.25. The summed E-state index contributed by atoms with van der Waals surface area (Å²) in [7, 11) is 0. The lowest BCUT2D eigenvalue weighted by Gasteiger charge is -2.37. The number of rotatable bonds is 1. The Morgan fingerprint density at radius 3 is 2.00 bits per heavy atom. The molecule has 2 aliphatic heterocycles. The Bertz CT molecular complexity index is 364. The third kappa shape index (κ3) is 3.00. The molecule has 2 saturated heterocycles. The predicted molar refractivity (Wildman–Crippen MR) is 68.8 cm³/mol. The minimum Gasteiger partial charge on any atom is -0.481 e. The first-order valence-electron chi connectivity index (χ1n) is 6.80. The Hall–Kier alpha value is -1.30. The van der Waals surface area contributed by atoms with E-state index in [-0.39, 0.29) is 24.2 Å². The van der Waals surface area contributed by atoms with Gasteiger partial charge >= 0.3 is 12.0 Å². The van der Waals surface area contributed by atoms with Crippen LogP contribution >= 0.6 is 0 Å². The lowest BCUT2D eigenvalue weighted by Crippen LogP contribution is -2.52. The van der Waals surface area contributed by atoms with Crippen LogP contribution in [0.3, 0.4) is 0 Å². The first kappa shape index (κ1) is 14.1. The van der Waals surface area contributed by atoms with E-state index in [1.807, 2.05) is 20.8 Å². The number of nitrogens with zero attached hydrogens (tertiary/aromatic N) is 2. The van der Waals surface area contributed by atoms with Gasteiger partial charge in [-0.2, -0.15) is 0 Å². The lowest BCUT2D eigenvalue weighted by molar-refractivity contribution is -0.142. The van der Waals surface area contributed by atoms with Crippen molar-refractivity contribution in [2.24, 2.45) is 11.8 Å². The molecule has 2 aliphatic rings. The van der Waals surface area contributed by atoms with E-state index in [1.54, 1.807) is 9.80 Å². The summed E-state index contributed by atoms with van der Waals surface area (Å²) in [5, 5.41) is 9.11. The molecule has 0 bridgehead atoms. The van der Waals surface area contributed by atoms with Crippen molar-refractivity contribution in [3.63, 3.8) is 0 Å². The molecule has 0 aromatic rings. The van der Waals surface area contributed by atoms with Gasteiger partial charge in [0.05, 0.1) is 18.1 Å². The van der Waals surface area contributed by atoms with Crippen molar-refractivity contribution >= 4 is 12.0 Å². The molecule has 0 aromatic heterocycles. The van der Waals surface area contributed by atoms with Crippen LogP contribution < -0.4 is 0 Å². The zero-order valence-electron chi connectivity index (χ0n) is 11.7. The summed E-state index contributed by atoms with van der Waals surface area (Å²) in [5.41, 5.74) is 0. The summed E-state index contributed by atoms with van der Waals surface area (Å²) < 4.78 is 5.60. The van der Waals surface area contributed by atoms with Crippen LogP contribution in [-0.4, -0.2) is 65.3 Å². The van der Waals surface area contributed by atoms with E-state index < -0.39 is 11.9 Å². The number of carboxylic acids is 1. The maximum Gasteiger partial charge on any atom is 0.320 e. The summed E-state index contributed by atoms with van der Waals surface area (Å²) >= 11 is 0. The smallest absolute Gasteiger partial charge is 0.320 e. The van der Waals surface area contributed by atoms with Crippen LogP contribution in [0.5, 0.6) is 0 Å². The molecule has 4 atom stereocenters. The van der Waals surface area contributed by atoms with Crippen molar-refractivity contribution in [1.29, 1.82) is 0 Å². The number of ether oxygens (including phenoxy) is 1. The number of aliphatic carboxylic acids is 1. The molecule has 0 aliphatic carbocycles. The molecule has 2 amide bonds. The summed E-state index contributed by atoms with van der Waals surface area (Å²) in [6, 6.07) is -0.0578. The molecule has 19 heavy (non-hydrogen) atoms. The van der Waals surface area contributed by atoms with Gasteiger partial charge < -0.3 is 19.6 Å². The van der Waals surface area contributed by atoms with Crippen LogP contribution in [-0.2, 0) is 9.53 Å². The van der Waals surface area contributed by atoms with Crippen molar-refractivity contribution in [2.75, 3.05) is 26.2 Å². The predicted octanol–water partition coefficient (Wildman–Crippen LogP) is 0.868. The second-order valence-corrected chi connectivity index (χ2v) is 5.77. The third-order valence-corrected chi connectivity index (χ3v) is 3.89. The van der Waals surface area contributed by atoms with Crippen LogP contribution in [0.25, 0.3) is 0 Å². The molecule has 6 nitrogen and oxygen atoms in total. The quantitative estimate of drug-likeness (QED) is 0.767. The molecule has 0 saturated carbocycles. The minimum atomic E-state index is -0.813. The highest BCUT2D eigenvalue weighted by atomic mass is 16.5. The van der Waals surface area contributed by atoms with Crippen molar-refractivity contribution in [3.05, 3.63) is 0 Å². The van der Waals surface area contributed by atoms with E-state index >= 15 is 0 Å². The molecule has 2 heterocycles. The fourth-order valence-corrected chi connectivity index (χ4v) is 2.98. The normalized spacial score (nSPS) is 35.5. The molecule has 0 aromatic carbocycles.